The number of nitrogens with zero attached hydrogens (tertiary/aromatic N) is 2. The molecule has 0 saturated carbocycles. The number of hydrogen-bond acceptors (Lipinski definition) is 4. The molecule has 2 amide bonds. The highest BCUT2D eigenvalue weighted by atomic mass is 79.9. The molecule has 0 spiro atoms. The first-order valence-corrected chi connectivity index (χ1v) is 8.77. The Morgan fingerprint density at radius 1 is 1.27 bits per heavy atom. The number of rotatable bonds is 4. The second-order valence-corrected chi connectivity index (χ2v) is 6.91. The van der Waals surface area contributed by atoms with Crippen LogP contribution in [-0.4, -0.2) is 23.3 Å². The van der Waals surface area contributed by atoms with Crippen molar-refractivity contribution in [2.75, 3.05) is 16.8 Å². The maximum atomic E-state index is 12.6. The summed E-state index contributed by atoms with van der Waals surface area (Å²) in [6.07, 6.45) is 0.0984. The Balaban J connectivity index is 1.76. The summed E-state index contributed by atoms with van der Waals surface area (Å²) in [5, 5.41) is 13.7. The molecule has 3 rings (SSSR count). The van der Waals surface area contributed by atoms with Crippen LogP contribution in [0.25, 0.3) is 0 Å². The number of halogens is 1. The SMILES string of the molecule is Cc1c(NC(=O)C2CC(=O)N(c3ccccc3Br)C2)cccc1[N+](=O)[O-]. The van der Waals surface area contributed by atoms with Gasteiger partial charge in [0.1, 0.15) is 0 Å². The van der Waals surface area contributed by atoms with E-state index in [1.54, 1.807) is 17.9 Å². The van der Waals surface area contributed by atoms with Crippen LogP contribution in [0.3, 0.4) is 0 Å². The van der Waals surface area contributed by atoms with E-state index in [-0.39, 0.29) is 30.5 Å². The first kappa shape index (κ1) is 18.1. The molecule has 134 valence electrons. The van der Waals surface area contributed by atoms with Crippen LogP contribution in [0.5, 0.6) is 0 Å². The van der Waals surface area contributed by atoms with Crippen LogP contribution >= 0.6 is 15.9 Å². The monoisotopic (exact) mass is 417 g/mol. The molecule has 1 aliphatic rings. The predicted octanol–water partition coefficient (Wildman–Crippen LogP) is 3.66. The number of nitro groups is 1. The maximum Gasteiger partial charge on any atom is 0.274 e. The molecule has 7 nitrogen and oxygen atoms in total. The first-order chi connectivity index (χ1) is 12.4. The predicted molar refractivity (Wildman–Crippen MR) is 101 cm³/mol. The topological polar surface area (TPSA) is 92.6 Å². The normalized spacial score (nSPS) is 16.6. The highest BCUT2D eigenvalue weighted by Crippen LogP contribution is 2.32. The number of carbonyl (C=O) groups is 2. The number of anilines is 2. The fourth-order valence-electron chi connectivity index (χ4n) is 2.98. The summed E-state index contributed by atoms with van der Waals surface area (Å²) in [4.78, 5) is 37.0. The fraction of sp³-hybridized carbons (Fsp3) is 0.222. The van der Waals surface area contributed by atoms with Crippen molar-refractivity contribution >= 4 is 44.8 Å². The van der Waals surface area contributed by atoms with Gasteiger partial charge in [0.15, 0.2) is 0 Å². The molecule has 1 unspecified atom stereocenters. The van der Waals surface area contributed by atoms with E-state index in [4.69, 9.17) is 0 Å². The molecule has 0 aliphatic carbocycles. The van der Waals surface area contributed by atoms with Crippen LogP contribution in [0.4, 0.5) is 17.1 Å². The molecule has 0 aromatic heterocycles. The Labute approximate surface area is 158 Å². The van der Waals surface area contributed by atoms with E-state index in [0.717, 1.165) is 10.2 Å². The van der Waals surface area contributed by atoms with Crippen LogP contribution < -0.4 is 10.2 Å². The minimum atomic E-state index is -0.520. The number of para-hydroxylation sites is 1. The van der Waals surface area contributed by atoms with E-state index in [0.29, 0.717) is 11.3 Å². The maximum absolute atomic E-state index is 12.6. The van der Waals surface area contributed by atoms with Gasteiger partial charge in [-0.2, -0.15) is 0 Å². The van der Waals surface area contributed by atoms with Crippen LogP contribution in [0, 0.1) is 23.0 Å². The molecule has 1 N–H and O–H groups in total. The highest BCUT2D eigenvalue weighted by molar-refractivity contribution is 9.10. The van der Waals surface area contributed by atoms with Crippen molar-refractivity contribution in [2.45, 2.75) is 13.3 Å². The zero-order valence-corrected chi connectivity index (χ0v) is 15.5. The lowest BCUT2D eigenvalue weighted by Crippen LogP contribution is -2.28. The van der Waals surface area contributed by atoms with Crippen molar-refractivity contribution in [3.05, 3.63) is 62.6 Å². The molecule has 8 heteroatoms. The van der Waals surface area contributed by atoms with Gasteiger partial charge in [-0.3, -0.25) is 19.7 Å². The summed E-state index contributed by atoms with van der Waals surface area (Å²) in [6, 6.07) is 11.8. The van der Waals surface area contributed by atoms with Gasteiger partial charge in [-0.25, -0.2) is 0 Å². The lowest BCUT2D eigenvalue weighted by Gasteiger charge is -2.18. The molecule has 2 aromatic rings. The summed E-state index contributed by atoms with van der Waals surface area (Å²) in [5.41, 5.74) is 1.44. The van der Waals surface area contributed by atoms with E-state index < -0.39 is 10.8 Å². The Hall–Kier alpha value is -2.74. The van der Waals surface area contributed by atoms with E-state index in [1.807, 2.05) is 24.3 Å². The van der Waals surface area contributed by atoms with E-state index in [1.165, 1.54) is 12.1 Å². The molecule has 1 aliphatic heterocycles. The number of nitrogens with one attached hydrogen (secondary N) is 1. The Morgan fingerprint density at radius 2 is 2.00 bits per heavy atom. The van der Waals surface area contributed by atoms with Gasteiger partial charge in [0.25, 0.3) is 5.69 Å². The lowest BCUT2D eigenvalue weighted by molar-refractivity contribution is -0.385. The number of nitro benzene ring substituents is 1. The standard InChI is InChI=1S/C18H16BrN3O4/c1-11-14(6-4-8-15(11)22(25)26)20-18(24)12-9-17(23)21(10-12)16-7-3-2-5-13(16)19/h2-8,12H,9-10H2,1H3,(H,20,24). The zero-order valence-electron chi connectivity index (χ0n) is 13.9. The third-order valence-corrected chi connectivity index (χ3v) is 5.07. The molecule has 2 aromatic carbocycles. The van der Waals surface area contributed by atoms with Crippen molar-refractivity contribution in [1.29, 1.82) is 0 Å². The van der Waals surface area contributed by atoms with Crippen molar-refractivity contribution in [3.63, 3.8) is 0 Å². The smallest absolute Gasteiger partial charge is 0.274 e. The summed E-state index contributed by atoms with van der Waals surface area (Å²) < 4.78 is 0.781. The Bertz CT molecular complexity index is 900. The van der Waals surface area contributed by atoms with Crippen LogP contribution in [-0.2, 0) is 9.59 Å². The van der Waals surface area contributed by atoms with Gasteiger partial charge in [0, 0.05) is 23.5 Å². The quantitative estimate of drug-likeness (QED) is 0.606. The third kappa shape index (κ3) is 3.45. The molecule has 1 heterocycles. The van der Waals surface area contributed by atoms with Gasteiger partial charge in [0.05, 0.1) is 27.8 Å². The van der Waals surface area contributed by atoms with E-state index in [2.05, 4.69) is 21.2 Å². The second kappa shape index (κ2) is 7.25. The Morgan fingerprint density at radius 3 is 2.69 bits per heavy atom. The molecule has 1 saturated heterocycles. The lowest BCUT2D eigenvalue weighted by atomic mass is 10.1. The largest absolute Gasteiger partial charge is 0.325 e. The summed E-state index contributed by atoms with van der Waals surface area (Å²) in [6.45, 7) is 1.85. The van der Waals surface area contributed by atoms with Crippen LogP contribution in [0.15, 0.2) is 46.9 Å². The van der Waals surface area contributed by atoms with Crippen LogP contribution in [0.1, 0.15) is 12.0 Å². The minimum Gasteiger partial charge on any atom is -0.325 e. The van der Waals surface area contributed by atoms with Crippen molar-refractivity contribution in [3.8, 4) is 0 Å². The highest BCUT2D eigenvalue weighted by Gasteiger charge is 2.36. The summed E-state index contributed by atoms with van der Waals surface area (Å²) >= 11 is 3.42. The van der Waals surface area contributed by atoms with Gasteiger partial charge < -0.3 is 10.2 Å². The van der Waals surface area contributed by atoms with Gasteiger partial charge >= 0.3 is 0 Å². The average Bonchev–Trinajstić information content (AvgIpc) is 2.98. The van der Waals surface area contributed by atoms with Gasteiger partial charge in [-0.05, 0) is 41.1 Å². The number of amides is 2. The van der Waals surface area contributed by atoms with E-state index >= 15 is 0 Å². The van der Waals surface area contributed by atoms with Gasteiger partial charge in [0.2, 0.25) is 11.8 Å². The molecule has 26 heavy (non-hydrogen) atoms. The molecular weight excluding hydrogens is 402 g/mol. The second-order valence-electron chi connectivity index (χ2n) is 6.05. The van der Waals surface area contributed by atoms with Gasteiger partial charge in [-0.15, -0.1) is 0 Å². The van der Waals surface area contributed by atoms with Crippen molar-refractivity contribution in [2.24, 2.45) is 5.92 Å². The van der Waals surface area contributed by atoms with E-state index in [9.17, 15) is 19.7 Å². The summed E-state index contributed by atoms with van der Waals surface area (Å²) in [7, 11) is 0. The molecular formula is C18H16BrN3O4. The molecule has 1 atom stereocenters. The first-order valence-electron chi connectivity index (χ1n) is 7.98. The molecule has 0 radical (unpaired) electrons. The van der Waals surface area contributed by atoms with Crippen molar-refractivity contribution < 1.29 is 14.5 Å². The zero-order chi connectivity index (χ0) is 18.8. The third-order valence-electron chi connectivity index (χ3n) is 4.40. The summed E-state index contributed by atoms with van der Waals surface area (Å²) in [5.74, 6) is -0.974. The molecule has 0 bridgehead atoms. The minimum absolute atomic E-state index is 0.0554. The average molecular weight is 418 g/mol. The van der Waals surface area contributed by atoms with Gasteiger partial charge in [-0.1, -0.05) is 18.2 Å². The number of hydrogen-bond donors (Lipinski definition) is 1. The molecule has 1 fully saturated rings. The fourth-order valence-corrected chi connectivity index (χ4v) is 3.48. The van der Waals surface area contributed by atoms with Crippen molar-refractivity contribution in [1.82, 2.24) is 0 Å². The number of benzene rings is 2. The van der Waals surface area contributed by atoms with Crippen LogP contribution in [0.2, 0.25) is 0 Å². The number of carbonyl (C=O) groups excluding carboxylic acids is 2. The Kier molecular flexibility index (Phi) is 5.03.